The third-order valence-corrected chi connectivity index (χ3v) is 3.19. The van der Waals surface area contributed by atoms with Gasteiger partial charge in [0.05, 0.1) is 18.6 Å². The molecule has 0 radical (unpaired) electrons. The number of ether oxygens (including phenoxy) is 1. The van der Waals surface area contributed by atoms with E-state index in [1.54, 1.807) is 6.33 Å². The lowest BCUT2D eigenvalue weighted by Crippen LogP contribution is -2.19. The summed E-state index contributed by atoms with van der Waals surface area (Å²) in [5.74, 6) is 0.993. The molecule has 1 aromatic heterocycles. The van der Waals surface area contributed by atoms with E-state index in [0.29, 0.717) is 13.0 Å². The molecule has 0 amide bonds. The molecule has 1 atom stereocenters. The second-order valence-corrected chi connectivity index (χ2v) is 4.69. The summed E-state index contributed by atoms with van der Waals surface area (Å²) in [6.45, 7) is 6.39. The van der Waals surface area contributed by atoms with Crippen LogP contribution in [0.25, 0.3) is 0 Å². The first-order valence-electron chi connectivity index (χ1n) is 6.91. The van der Waals surface area contributed by atoms with Crippen LogP contribution in [0.2, 0.25) is 0 Å². The Kier molecular flexibility index (Phi) is 4.56. The fourth-order valence-electron chi connectivity index (χ4n) is 2.21. The molecule has 2 rings (SSSR count). The maximum Gasteiger partial charge on any atom is 0.159 e. The van der Waals surface area contributed by atoms with Gasteiger partial charge in [-0.2, -0.15) is 0 Å². The maximum atomic E-state index is 12.3. The maximum absolute atomic E-state index is 12.3. The van der Waals surface area contributed by atoms with E-state index in [1.165, 1.54) is 0 Å². The first-order chi connectivity index (χ1) is 9.65. The molecule has 1 unspecified atom stereocenters. The molecular formula is C16H20N2O2. The fraction of sp³-hybridized carbons (Fsp3) is 0.375. The van der Waals surface area contributed by atoms with Crippen molar-refractivity contribution in [2.75, 3.05) is 6.61 Å². The summed E-state index contributed by atoms with van der Waals surface area (Å²) in [6.07, 6.45) is 4.10. The normalized spacial score (nSPS) is 12.2. The third-order valence-electron chi connectivity index (χ3n) is 3.19. The summed E-state index contributed by atoms with van der Waals surface area (Å²) in [4.78, 5) is 16.5. The van der Waals surface area contributed by atoms with Crippen LogP contribution in [0.15, 0.2) is 36.8 Å². The highest BCUT2D eigenvalue weighted by Gasteiger charge is 2.20. The van der Waals surface area contributed by atoms with E-state index in [1.807, 2.05) is 55.8 Å². The van der Waals surface area contributed by atoms with Gasteiger partial charge < -0.3 is 9.30 Å². The van der Waals surface area contributed by atoms with E-state index in [4.69, 9.17) is 4.74 Å². The predicted molar refractivity (Wildman–Crippen MR) is 78.0 cm³/mol. The van der Waals surface area contributed by atoms with Crippen LogP contribution in [0.3, 0.4) is 0 Å². The molecule has 20 heavy (non-hydrogen) atoms. The zero-order valence-corrected chi connectivity index (χ0v) is 12.2. The van der Waals surface area contributed by atoms with Crippen molar-refractivity contribution >= 4 is 5.78 Å². The molecule has 0 saturated carbocycles. The highest BCUT2D eigenvalue weighted by atomic mass is 16.5. The number of ketones is 1. The number of imidazole rings is 1. The quantitative estimate of drug-likeness (QED) is 0.811. The molecule has 4 nitrogen and oxygen atoms in total. The SMILES string of the molecule is CCOc1ccc(C(C(=O)CC)n2cnc(C)c2)cc1. The molecule has 0 spiro atoms. The molecule has 0 aliphatic carbocycles. The fourth-order valence-corrected chi connectivity index (χ4v) is 2.21. The molecule has 2 aromatic rings. The lowest BCUT2D eigenvalue weighted by atomic mass is 10.0. The van der Waals surface area contributed by atoms with Crippen LogP contribution >= 0.6 is 0 Å². The van der Waals surface area contributed by atoms with Crippen molar-refractivity contribution in [3.63, 3.8) is 0 Å². The van der Waals surface area contributed by atoms with Crippen molar-refractivity contribution < 1.29 is 9.53 Å². The van der Waals surface area contributed by atoms with Gasteiger partial charge in [0.15, 0.2) is 5.78 Å². The molecule has 0 aliphatic heterocycles. The van der Waals surface area contributed by atoms with Crippen LogP contribution in [0.4, 0.5) is 0 Å². The molecule has 4 heteroatoms. The van der Waals surface area contributed by atoms with Crippen molar-refractivity contribution in [2.24, 2.45) is 0 Å². The zero-order chi connectivity index (χ0) is 14.5. The van der Waals surface area contributed by atoms with Gasteiger partial charge in [-0.05, 0) is 31.5 Å². The minimum absolute atomic E-state index is 0.173. The van der Waals surface area contributed by atoms with Gasteiger partial charge in [0.2, 0.25) is 0 Å². The first kappa shape index (κ1) is 14.3. The first-order valence-corrected chi connectivity index (χ1v) is 6.91. The Bertz CT molecular complexity index is 572. The highest BCUT2D eigenvalue weighted by Crippen LogP contribution is 2.23. The molecule has 0 saturated heterocycles. The number of hydrogen-bond donors (Lipinski definition) is 0. The molecule has 0 bridgehead atoms. The van der Waals surface area contributed by atoms with Crippen LogP contribution in [0.1, 0.15) is 37.6 Å². The van der Waals surface area contributed by atoms with Gasteiger partial charge in [0, 0.05) is 12.6 Å². The lowest BCUT2D eigenvalue weighted by molar-refractivity contribution is -0.120. The lowest BCUT2D eigenvalue weighted by Gasteiger charge is -2.17. The van der Waals surface area contributed by atoms with Gasteiger partial charge in [0.25, 0.3) is 0 Å². The summed E-state index contributed by atoms with van der Waals surface area (Å²) in [6, 6.07) is 7.38. The van der Waals surface area contributed by atoms with Crippen molar-refractivity contribution in [1.29, 1.82) is 0 Å². The number of carbonyl (C=O) groups is 1. The molecule has 106 valence electrons. The minimum atomic E-state index is -0.308. The number of carbonyl (C=O) groups excluding carboxylic acids is 1. The second-order valence-electron chi connectivity index (χ2n) is 4.69. The molecule has 0 aliphatic rings. The van der Waals surface area contributed by atoms with Crippen molar-refractivity contribution in [3.8, 4) is 5.75 Å². The van der Waals surface area contributed by atoms with E-state index < -0.39 is 0 Å². The standard InChI is InChI=1S/C16H20N2O2/c1-4-15(19)16(18-10-12(3)17-11-18)13-6-8-14(9-7-13)20-5-2/h6-11,16H,4-5H2,1-3H3. The van der Waals surface area contributed by atoms with Crippen LogP contribution in [0, 0.1) is 6.92 Å². The Labute approximate surface area is 119 Å². The number of nitrogens with zero attached hydrogens (tertiary/aromatic N) is 2. The molecular weight excluding hydrogens is 252 g/mol. The molecule has 0 fully saturated rings. The summed E-state index contributed by atoms with van der Waals surface area (Å²) >= 11 is 0. The van der Waals surface area contributed by atoms with E-state index in [9.17, 15) is 4.79 Å². The number of aromatic nitrogens is 2. The van der Waals surface area contributed by atoms with E-state index in [2.05, 4.69) is 4.98 Å². The van der Waals surface area contributed by atoms with Gasteiger partial charge in [-0.1, -0.05) is 19.1 Å². The number of hydrogen-bond acceptors (Lipinski definition) is 3. The van der Waals surface area contributed by atoms with Gasteiger partial charge in [-0.3, -0.25) is 4.79 Å². The van der Waals surface area contributed by atoms with Crippen LogP contribution in [-0.4, -0.2) is 21.9 Å². The third kappa shape index (κ3) is 3.07. The van der Waals surface area contributed by atoms with Crippen molar-refractivity contribution in [3.05, 3.63) is 48.0 Å². The van der Waals surface area contributed by atoms with Gasteiger partial charge >= 0.3 is 0 Å². The van der Waals surface area contributed by atoms with Crippen LogP contribution < -0.4 is 4.74 Å². The molecule has 1 heterocycles. The Balaban J connectivity index is 2.33. The molecule has 0 N–H and O–H groups in total. The smallest absolute Gasteiger partial charge is 0.159 e. The predicted octanol–water partition coefficient (Wildman–Crippen LogP) is 3.16. The number of rotatable bonds is 6. The second kappa shape index (κ2) is 6.37. The average Bonchev–Trinajstić information content (AvgIpc) is 2.87. The zero-order valence-electron chi connectivity index (χ0n) is 12.2. The van der Waals surface area contributed by atoms with E-state index >= 15 is 0 Å². The monoisotopic (exact) mass is 272 g/mol. The Morgan fingerprint density at radius 2 is 2.00 bits per heavy atom. The largest absolute Gasteiger partial charge is 0.494 e. The van der Waals surface area contributed by atoms with Crippen molar-refractivity contribution in [2.45, 2.75) is 33.2 Å². The number of Topliss-reactive ketones (excluding diaryl/α,β-unsaturated/α-hetero) is 1. The Hall–Kier alpha value is -2.10. The summed E-state index contributed by atoms with van der Waals surface area (Å²) < 4.78 is 7.31. The summed E-state index contributed by atoms with van der Waals surface area (Å²) in [5.41, 5.74) is 1.86. The van der Waals surface area contributed by atoms with Gasteiger partial charge in [-0.25, -0.2) is 4.98 Å². The minimum Gasteiger partial charge on any atom is -0.494 e. The highest BCUT2D eigenvalue weighted by molar-refractivity contribution is 5.85. The Morgan fingerprint density at radius 3 is 2.50 bits per heavy atom. The van der Waals surface area contributed by atoms with Gasteiger partial charge in [0.1, 0.15) is 11.8 Å². The molecule has 1 aromatic carbocycles. The van der Waals surface area contributed by atoms with E-state index in [0.717, 1.165) is 17.0 Å². The Morgan fingerprint density at radius 1 is 1.30 bits per heavy atom. The van der Waals surface area contributed by atoms with Gasteiger partial charge in [-0.15, -0.1) is 0 Å². The average molecular weight is 272 g/mol. The van der Waals surface area contributed by atoms with E-state index in [-0.39, 0.29) is 11.8 Å². The van der Waals surface area contributed by atoms with Crippen LogP contribution in [0.5, 0.6) is 5.75 Å². The van der Waals surface area contributed by atoms with Crippen molar-refractivity contribution in [1.82, 2.24) is 9.55 Å². The summed E-state index contributed by atoms with van der Waals surface area (Å²) in [5, 5.41) is 0. The topological polar surface area (TPSA) is 44.1 Å². The summed E-state index contributed by atoms with van der Waals surface area (Å²) in [7, 11) is 0. The number of aryl methyl sites for hydroxylation is 1. The number of benzene rings is 1. The van der Waals surface area contributed by atoms with Crippen LogP contribution in [-0.2, 0) is 4.79 Å².